The van der Waals surface area contributed by atoms with Gasteiger partial charge < -0.3 is 10.4 Å². The Bertz CT molecular complexity index is 1100. The Kier molecular flexibility index (Phi) is 6.21. The van der Waals surface area contributed by atoms with Crippen LogP contribution in [0.2, 0.25) is 5.02 Å². The summed E-state index contributed by atoms with van der Waals surface area (Å²) in [5.41, 5.74) is 2.20. The lowest BCUT2D eigenvalue weighted by Gasteiger charge is -2.12. The summed E-state index contributed by atoms with van der Waals surface area (Å²) in [6, 6.07) is 16.5. The minimum atomic E-state index is -0.495. The molecule has 0 radical (unpaired) electrons. The fourth-order valence-electron chi connectivity index (χ4n) is 2.70. The van der Waals surface area contributed by atoms with E-state index in [1.54, 1.807) is 41.2 Å². The van der Waals surface area contributed by atoms with Gasteiger partial charge in [0.25, 0.3) is 11.4 Å². The monoisotopic (exact) mass is 426 g/mol. The van der Waals surface area contributed by atoms with Gasteiger partial charge in [0.15, 0.2) is 23.1 Å². The van der Waals surface area contributed by atoms with Crippen LogP contribution in [-0.2, 0) is 0 Å². The molecule has 29 heavy (non-hydrogen) atoms. The van der Waals surface area contributed by atoms with Crippen molar-refractivity contribution in [1.29, 1.82) is 0 Å². The van der Waals surface area contributed by atoms with Crippen LogP contribution >= 0.6 is 23.8 Å². The zero-order valence-electron chi connectivity index (χ0n) is 15.4. The maximum absolute atomic E-state index is 11.0. The van der Waals surface area contributed by atoms with Gasteiger partial charge in [-0.15, -0.1) is 0 Å². The third-order valence-electron chi connectivity index (χ3n) is 4.28. The van der Waals surface area contributed by atoms with E-state index >= 15 is 0 Å². The number of rotatable bonds is 5. The van der Waals surface area contributed by atoms with E-state index in [-0.39, 0.29) is 16.4 Å². The van der Waals surface area contributed by atoms with Crippen LogP contribution in [0, 0.1) is 17.0 Å². The van der Waals surface area contributed by atoms with Crippen molar-refractivity contribution in [2.45, 2.75) is 6.92 Å². The van der Waals surface area contributed by atoms with Crippen molar-refractivity contribution >= 4 is 51.6 Å². The number of aliphatic hydroxyl groups is 1. The molecule has 0 unspecified atom stereocenters. The molecule has 0 spiro atoms. The highest BCUT2D eigenvalue weighted by atomic mass is 35.5. The molecule has 2 N–H and O–H groups in total. The zero-order chi connectivity index (χ0) is 21.0. The Morgan fingerprint density at radius 3 is 2.38 bits per heavy atom. The number of aliphatic hydroxyl groups excluding tert-OH is 1. The fourth-order valence-corrected chi connectivity index (χ4v) is 3.18. The molecule has 1 aromatic heterocycles. The Hall–Kier alpha value is -3.29. The smallest absolute Gasteiger partial charge is 0.288 e. The first kappa shape index (κ1) is 20.4. The summed E-state index contributed by atoms with van der Waals surface area (Å²) >= 11 is 11.8. The van der Waals surface area contributed by atoms with E-state index in [1.165, 1.54) is 24.3 Å². The van der Waals surface area contributed by atoms with Gasteiger partial charge in [-0.05, 0) is 36.8 Å². The number of nitro groups is 1. The SMILES string of the molecule is Cc1c(Cl)cccc1NC(=S)/C(=C(\O)c1ccc([N+](=O)[O-])cc1)[n+]1ccccc1. The van der Waals surface area contributed by atoms with Crippen molar-refractivity contribution < 1.29 is 14.6 Å². The predicted octanol–water partition coefficient (Wildman–Crippen LogP) is 5.17. The molecule has 0 fully saturated rings. The molecule has 0 aliphatic carbocycles. The largest absolute Gasteiger partial charge is 0.502 e. The first-order valence-electron chi connectivity index (χ1n) is 8.59. The summed E-state index contributed by atoms with van der Waals surface area (Å²) in [5, 5.41) is 25.6. The van der Waals surface area contributed by atoms with Gasteiger partial charge in [-0.2, -0.15) is 4.57 Å². The van der Waals surface area contributed by atoms with E-state index in [4.69, 9.17) is 23.8 Å². The highest BCUT2D eigenvalue weighted by molar-refractivity contribution is 7.81. The molecule has 0 aliphatic rings. The number of nitro benzene ring substituents is 1. The Morgan fingerprint density at radius 2 is 1.76 bits per heavy atom. The summed E-state index contributed by atoms with van der Waals surface area (Å²) in [5.74, 6) is -0.117. The van der Waals surface area contributed by atoms with Gasteiger partial charge in [0, 0.05) is 40.5 Å². The minimum Gasteiger partial charge on any atom is -0.502 e. The average molecular weight is 427 g/mol. The third kappa shape index (κ3) is 4.59. The van der Waals surface area contributed by atoms with Crippen LogP contribution in [0.1, 0.15) is 11.1 Å². The molecular formula is C21H17ClN3O3S+. The Balaban J connectivity index is 2.07. The second-order valence-corrected chi connectivity index (χ2v) is 6.97. The molecule has 0 bridgehead atoms. The van der Waals surface area contributed by atoms with Crippen molar-refractivity contribution in [2.75, 3.05) is 5.32 Å². The summed E-state index contributed by atoms with van der Waals surface area (Å²) in [6.45, 7) is 1.86. The molecule has 0 atom stereocenters. The van der Waals surface area contributed by atoms with Crippen LogP contribution in [0.15, 0.2) is 73.1 Å². The molecule has 6 nitrogen and oxygen atoms in total. The molecule has 3 rings (SSSR count). The first-order valence-corrected chi connectivity index (χ1v) is 9.38. The average Bonchev–Trinajstić information content (AvgIpc) is 2.72. The van der Waals surface area contributed by atoms with E-state index in [1.807, 2.05) is 19.1 Å². The minimum absolute atomic E-state index is 0.0642. The predicted molar refractivity (Wildman–Crippen MR) is 118 cm³/mol. The van der Waals surface area contributed by atoms with Crippen LogP contribution < -0.4 is 9.88 Å². The quantitative estimate of drug-likeness (QED) is 0.147. The van der Waals surface area contributed by atoms with E-state index < -0.39 is 4.92 Å². The van der Waals surface area contributed by atoms with Crippen LogP contribution in [-0.4, -0.2) is 15.0 Å². The van der Waals surface area contributed by atoms with Gasteiger partial charge in [-0.3, -0.25) is 10.1 Å². The van der Waals surface area contributed by atoms with Crippen molar-refractivity contribution in [3.8, 4) is 0 Å². The maximum atomic E-state index is 11.0. The first-order chi connectivity index (χ1) is 13.9. The molecule has 1 heterocycles. The molecular weight excluding hydrogens is 410 g/mol. The normalized spacial score (nSPS) is 11.5. The number of hydrogen-bond donors (Lipinski definition) is 2. The number of nitrogens with one attached hydrogen (secondary N) is 1. The number of thiocarbonyl (C=S) groups is 1. The van der Waals surface area contributed by atoms with Crippen LogP contribution in [0.5, 0.6) is 0 Å². The van der Waals surface area contributed by atoms with E-state index in [0.717, 1.165) is 5.56 Å². The number of benzene rings is 2. The third-order valence-corrected chi connectivity index (χ3v) is 4.99. The molecule has 2 aromatic carbocycles. The molecule has 0 aliphatic heterocycles. The molecule has 8 heteroatoms. The zero-order valence-corrected chi connectivity index (χ0v) is 16.9. The van der Waals surface area contributed by atoms with Gasteiger partial charge in [-0.25, -0.2) is 0 Å². The van der Waals surface area contributed by atoms with Gasteiger partial charge >= 0.3 is 0 Å². The number of anilines is 1. The lowest BCUT2D eigenvalue weighted by atomic mass is 10.1. The summed E-state index contributed by atoms with van der Waals surface area (Å²) < 4.78 is 1.67. The molecule has 0 saturated carbocycles. The highest BCUT2D eigenvalue weighted by Gasteiger charge is 2.24. The van der Waals surface area contributed by atoms with Crippen LogP contribution in [0.4, 0.5) is 11.4 Å². The molecule has 0 saturated heterocycles. The van der Waals surface area contributed by atoms with Crippen molar-refractivity contribution in [3.63, 3.8) is 0 Å². The fraction of sp³-hybridized carbons (Fsp3) is 0.0476. The number of nitrogens with zero attached hydrogens (tertiary/aromatic N) is 2. The van der Waals surface area contributed by atoms with Crippen molar-refractivity contribution in [3.05, 3.63) is 99.3 Å². The summed E-state index contributed by atoms with van der Waals surface area (Å²) in [6.07, 6.45) is 3.49. The molecule has 3 aromatic rings. The van der Waals surface area contributed by atoms with Gasteiger partial charge in [0.05, 0.1) is 4.92 Å². The highest BCUT2D eigenvalue weighted by Crippen LogP contribution is 2.25. The Labute approximate surface area is 177 Å². The number of non-ortho nitro benzene ring substituents is 1. The lowest BCUT2D eigenvalue weighted by molar-refractivity contribution is -0.575. The second kappa shape index (κ2) is 8.81. The van der Waals surface area contributed by atoms with Crippen LogP contribution in [0.25, 0.3) is 11.5 Å². The Morgan fingerprint density at radius 1 is 1.10 bits per heavy atom. The number of aromatic nitrogens is 1. The van der Waals surface area contributed by atoms with Crippen LogP contribution in [0.3, 0.4) is 0 Å². The van der Waals surface area contributed by atoms with Gasteiger partial charge in [0.2, 0.25) is 0 Å². The second-order valence-electron chi connectivity index (χ2n) is 6.15. The van der Waals surface area contributed by atoms with E-state index in [0.29, 0.717) is 22.0 Å². The summed E-state index contributed by atoms with van der Waals surface area (Å²) in [7, 11) is 0. The van der Waals surface area contributed by atoms with E-state index in [2.05, 4.69) is 5.32 Å². The lowest BCUT2D eigenvalue weighted by Crippen LogP contribution is -2.38. The van der Waals surface area contributed by atoms with Gasteiger partial charge in [-0.1, -0.05) is 36.0 Å². The number of hydrogen-bond acceptors (Lipinski definition) is 4. The molecule has 146 valence electrons. The summed E-state index contributed by atoms with van der Waals surface area (Å²) in [4.78, 5) is 10.7. The van der Waals surface area contributed by atoms with Crippen molar-refractivity contribution in [1.82, 2.24) is 0 Å². The standard InChI is InChI=1S/C21H16ClN3O3S/c1-14-17(22)6-5-7-18(14)23-21(29)19(24-12-3-2-4-13-24)20(26)15-8-10-16(11-9-15)25(27)28/h2-13H,1H3,(H-,23,26,29)/p+1. The maximum Gasteiger partial charge on any atom is 0.288 e. The molecule has 0 amide bonds. The number of halogens is 1. The van der Waals surface area contributed by atoms with Crippen molar-refractivity contribution in [2.24, 2.45) is 0 Å². The number of pyridine rings is 1. The van der Waals surface area contributed by atoms with Gasteiger partial charge in [0.1, 0.15) is 0 Å². The topological polar surface area (TPSA) is 79.3 Å². The van der Waals surface area contributed by atoms with E-state index in [9.17, 15) is 15.2 Å².